The van der Waals surface area contributed by atoms with E-state index in [9.17, 15) is 4.79 Å². The fraction of sp³-hybridized carbons (Fsp3) is 0.250. The molecular formula is C16H15IN2O3S. The van der Waals surface area contributed by atoms with E-state index >= 15 is 0 Å². The van der Waals surface area contributed by atoms with Gasteiger partial charge in [0.25, 0.3) is 5.91 Å². The summed E-state index contributed by atoms with van der Waals surface area (Å²) < 4.78 is 11.7. The lowest BCUT2D eigenvalue weighted by Crippen LogP contribution is -2.23. The number of likely N-dealkylation sites (N-methyl/N-ethyl adjacent to an activating group) is 1. The van der Waals surface area contributed by atoms with Gasteiger partial charge in [-0.15, -0.1) is 6.42 Å². The number of carbonyl (C=O) groups is 1. The molecule has 7 heteroatoms. The van der Waals surface area contributed by atoms with Crippen LogP contribution >= 0.6 is 34.4 Å². The Morgan fingerprint density at radius 3 is 2.83 bits per heavy atom. The van der Waals surface area contributed by atoms with Crippen molar-refractivity contribution in [1.82, 2.24) is 4.90 Å². The maximum atomic E-state index is 12.2. The van der Waals surface area contributed by atoms with Crippen LogP contribution in [0.25, 0.3) is 6.08 Å². The largest absolute Gasteiger partial charge is 0.493 e. The first kappa shape index (κ1) is 17.7. The second kappa shape index (κ2) is 7.75. The minimum atomic E-state index is -0.0720. The summed E-state index contributed by atoms with van der Waals surface area (Å²) in [7, 11) is 4.94. The fourth-order valence-electron chi connectivity index (χ4n) is 1.98. The number of thioether (sulfide) groups is 1. The maximum Gasteiger partial charge on any atom is 0.266 e. The molecule has 0 radical (unpaired) electrons. The minimum Gasteiger partial charge on any atom is -0.493 e. The second-order valence-corrected chi connectivity index (χ2v) is 6.68. The molecule has 0 unspecified atom stereocenters. The Morgan fingerprint density at radius 1 is 1.52 bits per heavy atom. The molecule has 0 saturated carbocycles. The maximum absolute atomic E-state index is 12.2. The van der Waals surface area contributed by atoms with Crippen molar-refractivity contribution in [3.63, 3.8) is 0 Å². The Kier molecular flexibility index (Phi) is 5.96. The van der Waals surface area contributed by atoms with Crippen molar-refractivity contribution < 1.29 is 14.3 Å². The first-order valence-electron chi connectivity index (χ1n) is 6.60. The summed E-state index contributed by atoms with van der Waals surface area (Å²) >= 11 is 3.50. The van der Waals surface area contributed by atoms with Crippen LogP contribution in [0, 0.1) is 15.9 Å². The summed E-state index contributed by atoms with van der Waals surface area (Å²) in [5, 5.41) is 0.678. The zero-order chi connectivity index (χ0) is 17.0. The van der Waals surface area contributed by atoms with Crippen LogP contribution in [0.15, 0.2) is 22.0 Å². The molecule has 1 heterocycles. The molecule has 0 spiro atoms. The molecule has 5 nitrogen and oxygen atoms in total. The van der Waals surface area contributed by atoms with Crippen LogP contribution in [0.5, 0.6) is 11.5 Å². The molecule has 23 heavy (non-hydrogen) atoms. The molecule has 2 rings (SSSR count). The summed E-state index contributed by atoms with van der Waals surface area (Å²) in [5.74, 6) is 3.54. The number of hydrogen-bond donors (Lipinski definition) is 0. The van der Waals surface area contributed by atoms with E-state index in [2.05, 4.69) is 33.5 Å². The van der Waals surface area contributed by atoms with E-state index in [0.717, 1.165) is 9.13 Å². The van der Waals surface area contributed by atoms with E-state index in [-0.39, 0.29) is 12.5 Å². The van der Waals surface area contributed by atoms with Gasteiger partial charge in [-0.2, -0.15) is 0 Å². The third-order valence-corrected chi connectivity index (χ3v) is 5.00. The van der Waals surface area contributed by atoms with Crippen molar-refractivity contribution in [3.05, 3.63) is 26.2 Å². The predicted molar refractivity (Wildman–Crippen MR) is 102 cm³/mol. The zero-order valence-corrected chi connectivity index (χ0v) is 15.9. The number of aliphatic imine (C=N–C) groups is 1. The molecule has 1 saturated heterocycles. The Labute approximate surface area is 153 Å². The van der Waals surface area contributed by atoms with E-state index in [4.69, 9.17) is 15.9 Å². The van der Waals surface area contributed by atoms with Gasteiger partial charge in [-0.3, -0.25) is 14.7 Å². The highest BCUT2D eigenvalue weighted by Gasteiger charge is 2.29. The number of carbonyl (C=O) groups excluding carboxylic acids is 1. The monoisotopic (exact) mass is 442 g/mol. The van der Waals surface area contributed by atoms with E-state index in [1.54, 1.807) is 21.2 Å². The summed E-state index contributed by atoms with van der Waals surface area (Å²) in [4.78, 5) is 18.4. The Balaban J connectivity index is 2.38. The second-order valence-electron chi connectivity index (χ2n) is 4.51. The number of amides is 1. The van der Waals surface area contributed by atoms with Crippen LogP contribution in [0.1, 0.15) is 5.56 Å². The van der Waals surface area contributed by atoms with Crippen LogP contribution in [-0.2, 0) is 4.79 Å². The standard InChI is InChI=1S/C16H15IN2O3S/c1-5-6-22-14-11(17)7-10(8-12(14)21-4)9-13-15(20)19(3)16(18-2)23-13/h1,7-9H,6H2,2-4H3/b13-9+,18-16?. The first-order chi connectivity index (χ1) is 11.0. The minimum absolute atomic E-state index is 0.0720. The number of terminal acetylenes is 1. The number of benzene rings is 1. The molecule has 1 aliphatic rings. The van der Waals surface area contributed by atoms with Crippen LogP contribution in [-0.4, -0.2) is 43.8 Å². The van der Waals surface area contributed by atoms with Crippen molar-refractivity contribution in [2.24, 2.45) is 4.99 Å². The molecule has 1 fully saturated rings. The lowest BCUT2D eigenvalue weighted by molar-refractivity contribution is -0.121. The number of ether oxygens (including phenoxy) is 2. The van der Waals surface area contributed by atoms with Crippen molar-refractivity contribution >= 4 is 51.5 Å². The van der Waals surface area contributed by atoms with Gasteiger partial charge < -0.3 is 9.47 Å². The highest BCUT2D eigenvalue weighted by Crippen LogP contribution is 2.36. The summed E-state index contributed by atoms with van der Waals surface area (Å²) in [6, 6.07) is 3.73. The Hall–Kier alpha value is -1.66. The molecule has 1 aliphatic heterocycles. The van der Waals surface area contributed by atoms with Gasteiger partial charge >= 0.3 is 0 Å². The smallest absolute Gasteiger partial charge is 0.266 e. The molecule has 0 bridgehead atoms. The van der Waals surface area contributed by atoms with Crippen LogP contribution in [0.3, 0.4) is 0 Å². The van der Waals surface area contributed by atoms with Crippen LogP contribution < -0.4 is 9.47 Å². The van der Waals surface area contributed by atoms with E-state index < -0.39 is 0 Å². The average Bonchev–Trinajstić information content (AvgIpc) is 2.81. The third-order valence-electron chi connectivity index (χ3n) is 3.04. The van der Waals surface area contributed by atoms with Gasteiger partial charge in [-0.25, -0.2) is 0 Å². The number of rotatable bonds is 4. The molecule has 0 atom stereocenters. The van der Waals surface area contributed by atoms with Gasteiger partial charge in [0, 0.05) is 14.1 Å². The van der Waals surface area contributed by atoms with Gasteiger partial charge in [0.15, 0.2) is 16.7 Å². The number of nitrogens with zero attached hydrogens (tertiary/aromatic N) is 2. The van der Waals surface area contributed by atoms with E-state index in [1.165, 1.54) is 16.7 Å². The number of hydrogen-bond acceptors (Lipinski definition) is 5. The fourth-order valence-corrected chi connectivity index (χ4v) is 3.69. The molecule has 0 aromatic heterocycles. The molecular weight excluding hydrogens is 427 g/mol. The average molecular weight is 442 g/mol. The van der Waals surface area contributed by atoms with Gasteiger partial charge in [0.05, 0.1) is 15.6 Å². The summed E-state index contributed by atoms with van der Waals surface area (Å²) in [6.45, 7) is 0.169. The summed E-state index contributed by atoms with van der Waals surface area (Å²) in [5.41, 5.74) is 0.848. The van der Waals surface area contributed by atoms with Gasteiger partial charge in [0.1, 0.15) is 6.61 Å². The molecule has 1 aromatic rings. The van der Waals surface area contributed by atoms with Crippen molar-refractivity contribution in [1.29, 1.82) is 0 Å². The van der Waals surface area contributed by atoms with Crippen LogP contribution in [0.4, 0.5) is 0 Å². The molecule has 1 aromatic carbocycles. The van der Waals surface area contributed by atoms with E-state index in [1.807, 2.05) is 18.2 Å². The Bertz CT molecular complexity index is 738. The van der Waals surface area contributed by atoms with Gasteiger partial charge in [-0.1, -0.05) is 5.92 Å². The lowest BCUT2D eigenvalue weighted by atomic mass is 10.2. The highest BCUT2D eigenvalue weighted by molar-refractivity contribution is 14.1. The first-order valence-corrected chi connectivity index (χ1v) is 8.49. The van der Waals surface area contributed by atoms with Gasteiger partial charge in [0.2, 0.25) is 0 Å². The molecule has 0 aliphatic carbocycles. The Morgan fingerprint density at radius 2 is 2.26 bits per heavy atom. The quantitative estimate of drug-likeness (QED) is 0.409. The van der Waals surface area contributed by atoms with Crippen molar-refractivity contribution in [2.45, 2.75) is 0 Å². The zero-order valence-electron chi connectivity index (χ0n) is 12.9. The SMILES string of the molecule is C#CCOc1c(I)cc(/C=C2/SC(=NC)N(C)C2=O)cc1OC. The molecule has 1 amide bonds. The number of methoxy groups -OCH3 is 1. The topological polar surface area (TPSA) is 51.1 Å². The number of halogens is 1. The van der Waals surface area contributed by atoms with Crippen LogP contribution in [0.2, 0.25) is 0 Å². The van der Waals surface area contributed by atoms with Gasteiger partial charge in [-0.05, 0) is 58.1 Å². The van der Waals surface area contributed by atoms with Crippen molar-refractivity contribution in [3.8, 4) is 23.8 Å². The predicted octanol–water partition coefficient (Wildman–Crippen LogP) is 2.84. The summed E-state index contributed by atoms with van der Waals surface area (Å²) in [6.07, 6.45) is 7.04. The molecule has 120 valence electrons. The number of amidine groups is 1. The van der Waals surface area contributed by atoms with E-state index in [0.29, 0.717) is 21.6 Å². The molecule has 0 N–H and O–H groups in total. The third kappa shape index (κ3) is 3.82. The van der Waals surface area contributed by atoms with Crippen molar-refractivity contribution in [2.75, 3.05) is 27.8 Å². The highest BCUT2D eigenvalue weighted by atomic mass is 127. The lowest BCUT2D eigenvalue weighted by Gasteiger charge is -2.12. The normalized spacial score (nSPS) is 17.7.